The molecule has 0 unspecified atom stereocenters. The monoisotopic (exact) mass is 418 g/mol. The van der Waals surface area contributed by atoms with Gasteiger partial charge in [-0.15, -0.1) is 0 Å². The molecule has 2 aromatic carbocycles. The number of hydrogen-bond donors (Lipinski definition) is 2. The van der Waals surface area contributed by atoms with Crippen molar-refractivity contribution in [2.75, 3.05) is 5.32 Å². The van der Waals surface area contributed by atoms with E-state index < -0.39 is 0 Å². The number of benzene rings is 2. The van der Waals surface area contributed by atoms with Gasteiger partial charge in [0, 0.05) is 17.3 Å². The van der Waals surface area contributed by atoms with E-state index in [1.54, 1.807) is 18.3 Å². The number of rotatable bonds is 7. The highest BCUT2D eigenvalue weighted by atomic mass is 32.1. The Labute approximate surface area is 177 Å². The van der Waals surface area contributed by atoms with E-state index in [0.29, 0.717) is 23.6 Å². The smallest absolute Gasteiger partial charge is 0.184 e. The van der Waals surface area contributed by atoms with Crippen molar-refractivity contribution in [1.82, 2.24) is 9.97 Å². The van der Waals surface area contributed by atoms with Gasteiger partial charge >= 0.3 is 0 Å². The summed E-state index contributed by atoms with van der Waals surface area (Å²) in [5.74, 6) is 0.129. The number of halogens is 1. The van der Waals surface area contributed by atoms with Crippen molar-refractivity contribution in [1.29, 1.82) is 0 Å². The average molecular weight is 418 g/mol. The number of pyridine rings is 1. The number of fused-ring (bicyclic) bond motifs is 1. The number of anilines is 1. The summed E-state index contributed by atoms with van der Waals surface area (Å²) in [6.45, 7) is 4.23. The maximum atomic E-state index is 13.3. The topological polar surface area (TPSA) is 73.1 Å². The fourth-order valence-electron chi connectivity index (χ4n) is 2.94. The van der Waals surface area contributed by atoms with E-state index >= 15 is 0 Å². The molecule has 0 atom stereocenters. The van der Waals surface area contributed by atoms with Gasteiger partial charge in [-0.2, -0.15) is 0 Å². The maximum absolute atomic E-state index is 13.3. The molecule has 0 fully saturated rings. The van der Waals surface area contributed by atoms with Gasteiger partial charge in [-0.3, -0.25) is 4.98 Å². The van der Waals surface area contributed by atoms with Crippen LogP contribution in [-0.2, 0) is 11.3 Å². The number of nitrogens with zero attached hydrogens (tertiary/aromatic N) is 2. The molecule has 2 heterocycles. The van der Waals surface area contributed by atoms with Gasteiger partial charge < -0.3 is 15.8 Å². The molecule has 30 heavy (non-hydrogen) atoms. The Hall–Kier alpha value is -3.71. The number of thiazole rings is 1. The predicted octanol–water partition coefficient (Wildman–Crippen LogP) is 5.39. The van der Waals surface area contributed by atoms with Crippen LogP contribution in [0.1, 0.15) is 16.8 Å². The van der Waals surface area contributed by atoms with Crippen LogP contribution in [0.4, 0.5) is 9.52 Å². The minimum absolute atomic E-state index is 0.324. The van der Waals surface area contributed by atoms with Crippen LogP contribution in [0, 0.1) is 5.82 Å². The normalized spacial score (nSPS) is 11.8. The van der Waals surface area contributed by atoms with Crippen molar-refractivity contribution < 1.29 is 9.13 Å². The largest absolute Gasteiger partial charge is 0.463 e. The highest BCUT2D eigenvalue weighted by Gasteiger charge is 2.13. The molecule has 3 N–H and O–H groups in total. The van der Waals surface area contributed by atoms with Gasteiger partial charge in [-0.05, 0) is 54.6 Å². The number of aromatic nitrogens is 2. The van der Waals surface area contributed by atoms with Gasteiger partial charge in [0.05, 0.1) is 34.4 Å². The standard InChI is InChI=1S/C23H19FN4OS/c1-2-29-22(21(25)15-6-9-17(24)10-7-15)16-8-11-19-20(13-16)30-23(28-19)27-14-18-5-3-4-12-26-18/h2-13H,1,14,25H2,(H,27,28)/b22-21-. The molecule has 4 aromatic rings. The zero-order valence-corrected chi connectivity index (χ0v) is 16.8. The lowest BCUT2D eigenvalue weighted by molar-refractivity contribution is 0.439. The third kappa shape index (κ3) is 4.31. The second-order valence-electron chi connectivity index (χ2n) is 6.41. The first-order chi connectivity index (χ1) is 14.6. The van der Waals surface area contributed by atoms with E-state index in [2.05, 4.69) is 21.9 Å². The molecule has 0 amide bonds. The van der Waals surface area contributed by atoms with Crippen molar-refractivity contribution >= 4 is 38.1 Å². The summed E-state index contributed by atoms with van der Waals surface area (Å²) >= 11 is 1.53. The first-order valence-electron chi connectivity index (χ1n) is 9.22. The van der Waals surface area contributed by atoms with E-state index in [1.807, 2.05) is 36.4 Å². The highest BCUT2D eigenvalue weighted by Crippen LogP contribution is 2.31. The lowest BCUT2D eigenvalue weighted by Gasteiger charge is -2.11. The van der Waals surface area contributed by atoms with Crippen LogP contribution in [-0.4, -0.2) is 9.97 Å². The molecule has 2 aromatic heterocycles. The molecule has 4 rings (SSSR count). The second kappa shape index (κ2) is 8.75. The van der Waals surface area contributed by atoms with E-state index in [0.717, 1.165) is 26.6 Å². The molecular weight excluding hydrogens is 399 g/mol. The fraction of sp³-hybridized carbons (Fsp3) is 0.0435. The maximum Gasteiger partial charge on any atom is 0.184 e. The number of hydrogen-bond acceptors (Lipinski definition) is 6. The molecule has 0 aliphatic carbocycles. The van der Waals surface area contributed by atoms with Crippen molar-refractivity contribution in [2.45, 2.75) is 6.54 Å². The molecule has 150 valence electrons. The van der Waals surface area contributed by atoms with Crippen LogP contribution in [0.25, 0.3) is 21.7 Å². The summed E-state index contributed by atoms with van der Waals surface area (Å²) in [6, 6.07) is 17.5. The quantitative estimate of drug-likeness (QED) is 0.311. The minimum atomic E-state index is -0.324. The minimum Gasteiger partial charge on any atom is -0.463 e. The number of nitrogens with one attached hydrogen (secondary N) is 1. The third-order valence-electron chi connectivity index (χ3n) is 4.40. The summed E-state index contributed by atoms with van der Waals surface area (Å²) < 4.78 is 19.9. The van der Waals surface area contributed by atoms with Crippen molar-refractivity contribution in [3.05, 3.63) is 102 Å². The molecule has 5 nitrogen and oxygen atoms in total. The molecule has 0 saturated carbocycles. The number of ether oxygens (including phenoxy) is 1. The summed E-state index contributed by atoms with van der Waals surface area (Å²) in [6.07, 6.45) is 3.09. The summed E-state index contributed by atoms with van der Waals surface area (Å²) in [7, 11) is 0. The fourth-order valence-corrected chi connectivity index (χ4v) is 3.84. The van der Waals surface area contributed by atoms with Crippen molar-refractivity contribution in [2.24, 2.45) is 5.73 Å². The summed E-state index contributed by atoms with van der Waals surface area (Å²) in [4.78, 5) is 8.92. The third-order valence-corrected chi connectivity index (χ3v) is 5.37. The average Bonchev–Trinajstić information content (AvgIpc) is 3.19. The first kappa shape index (κ1) is 19.6. The van der Waals surface area contributed by atoms with Gasteiger partial charge in [0.15, 0.2) is 10.9 Å². The molecule has 0 aliphatic rings. The second-order valence-corrected chi connectivity index (χ2v) is 7.44. The highest BCUT2D eigenvalue weighted by molar-refractivity contribution is 7.22. The van der Waals surface area contributed by atoms with Crippen LogP contribution < -0.4 is 11.1 Å². The zero-order valence-electron chi connectivity index (χ0n) is 16.0. The SMILES string of the molecule is C=CO/C(=C(\N)c1ccc(F)cc1)c1ccc2nc(NCc3ccccn3)sc2c1. The predicted molar refractivity (Wildman–Crippen MR) is 120 cm³/mol. The molecule has 0 saturated heterocycles. The van der Waals surface area contributed by atoms with Crippen LogP contribution in [0.2, 0.25) is 0 Å². The molecule has 7 heteroatoms. The van der Waals surface area contributed by atoms with Crippen LogP contribution >= 0.6 is 11.3 Å². The van der Waals surface area contributed by atoms with Gasteiger partial charge in [0.1, 0.15) is 5.82 Å². The van der Waals surface area contributed by atoms with E-state index in [-0.39, 0.29) is 5.82 Å². The Morgan fingerprint density at radius 3 is 2.67 bits per heavy atom. The van der Waals surface area contributed by atoms with Crippen LogP contribution in [0.3, 0.4) is 0 Å². The Morgan fingerprint density at radius 2 is 1.93 bits per heavy atom. The van der Waals surface area contributed by atoms with E-state index in [4.69, 9.17) is 10.5 Å². The summed E-state index contributed by atoms with van der Waals surface area (Å²) in [5.41, 5.74) is 9.97. The Morgan fingerprint density at radius 1 is 1.13 bits per heavy atom. The van der Waals surface area contributed by atoms with Crippen molar-refractivity contribution in [3.8, 4) is 0 Å². The lowest BCUT2D eigenvalue weighted by Crippen LogP contribution is -2.03. The molecule has 0 aliphatic heterocycles. The Balaban J connectivity index is 1.64. The Bertz CT molecular complexity index is 1200. The molecule has 0 bridgehead atoms. The van der Waals surface area contributed by atoms with Gasteiger partial charge in [0.25, 0.3) is 0 Å². The Kier molecular flexibility index (Phi) is 5.72. The van der Waals surface area contributed by atoms with Gasteiger partial charge in [-0.1, -0.05) is 24.0 Å². The lowest BCUT2D eigenvalue weighted by atomic mass is 10.1. The summed E-state index contributed by atoms with van der Waals surface area (Å²) in [5, 5.41) is 4.10. The van der Waals surface area contributed by atoms with Crippen LogP contribution in [0.15, 0.2) is 79.7 Å². The van der Waals surface area contributed by atoms with E-state index in [1.165, 1.54) is 29.7 Å². The zero-order chi connectivity index (χ0) is 20.9. The van der Waals surface area contributed by atoms with Crippen molar-refractivity contribution in [3.63, 3.8) is 0 Å². The van der Waals surface area contributed by atoms with Gasteiger partial charge in [-0.25, -0.2) is 9.37 Å². The molecule has 0 spiro atoms. The number of nitrogens with two attached hydrogens (primary N) is 1. The van der Waals surface area contributed by atoms with Crippen LogP contribution in [0.5, 0.6) is 0 Å². The van der Waals surface area contributed by atoms with E-state index in [9.17, 15) is 4.39 Å². The molecular formula is C23H19FN4OS. The first-order valence-corrected chi connectivity index (χ1v) is 10.0. The van der Waals surface area contributed by atoms with Gasteiger partial charge in [0.2, 0.25) is 0 Å². The molecule has 0 radical (unpaired) electrons.